The van der Waals surface area contributed by atoms with Gasteiger partial charge in [0.05, 0.1) is 11.4 Å². The molecule has 1 aliphatic rings. The number of aromatic nitrogens is 2. The molecule has 1 aromatic heterocycles. The van der Waals surface area contributed by atoms with E-state index in [0.717, 1.165) is 18.5 Å². The Hall–Kier alpha value is -1.97. The molecule has 1 saturated carbocycles. The third kappa shape index (κ3) is 1.86. The Morgan fingerprint density at radius 1 is 1.18 bits per heavy atom. The van der Waals surface area contributed by atoms with Crippen molar-refractivity contribution >= 4 is 0 Å². The van der Waals surface area contributed by atoms with Crippen LogP contribution in [-0.4, -0.2) is 15.1 Å². The average molecular weight is 230 g/mol. The molecule has 1 fully saturated rings. The molecule has 0 radical (unpaired) electrons. The lowest BCUT2D eigenvalue weighted by Crippen LogP contribution is -1.95. The monoisotopic (exact) mass is 230 g/mol. The number of halogens is 1. The number of hydrogen-bond donors (Lipinski definition) is 1. The van der Waals surface area contributed by atoms with Crippen molar-refractivity contribution in [2.75, 3.05) is 0 Å². The third-order valence-corrected chi connectivity index (χ3v) is 2.90. The van der Waals surface area contributed by atoms with Crippen LogP contribution in [-0.2, 0) is 0 Å². The highest BCUT2D eigenvalue weighted by Crippen LogP contribution is 2.43. The summed E-state index contributed by atoms with van der Waals surface area (Å²) in [5.41, 5.74) is 1.86. The van der Waals surface area contributed by atoms with E-state index in [2.05, 4.69) is 9.97 Å². The minimum atomic E-state index is -0.384. The summed E-state index contributed by atoms with van der Waals surface area (Å²) in [7, 11) is 0. The Balaban J connectivity index is 2.17. The van der Waals surface area contributed by atoms with E-state index in [0.29, 0.717) is 17.2 Å². The van der Waals surface area contributed by atoms with E-state index in [-0.39, 0.29) is 11.6 Å². The molecule has 17 heavy (non-hydrogen) atoms. The molecule has 4 heteroatoms. The highest BCUT2D eigenvalue weighted by molar-refractivity contribution is 5.69. The van der Waals surface area contributed by atoms with Gasteiger partial charge in [0.1, 0.15) is 11.6 Å². The number of phenolic OH excluding ortho intramolecular Hbond substituents is 1. The fraction of sp³-hybridized carbons (Fsp3) is 0.231. The molecule has 1 aromatic carbocycles. The van der Waals surface area contributed by atoms with E-state index in [9.17, 15) is 9.50 Å². The molecule has 0 atom stereocenters. The summed E-state index contributed by atoms with van der Waals surface area (Å²) in [6, 6.07) is 3.87. The number of hydrogen-bond acceptors (Lipinski definition) is 3. The van der Waals surface area contributed by atoms with E-state index in [1.165, 1.54) is 18.2 Å². The minimum absolute atomic E-state index is 0.0359. The first-order chi connectivity index (χ1) is 8.25. The van der Waals surface area contributed by atoms with Crippen molar-refractivity contribution in [3.8, 4) is 17.0 Å². The van der Waals surface area contributed by atoms with Crippen LogP contribution in [0.4, 0.5) is 4.39 Å². The molecule has 3 nitrogen and oxygen atoms in total. The van der Waals surface area contributed by atoms with Crippen LogP contribution in [0.25, 0.3) is 11.3 Å². The molecule has 0 amide bonds. The van der Waals surface area contributed by atoms with E-state index in [1.54, 1.807) is 12.4 Å². The van der Waals surface area contributed by atoms with Crippen molar-refractivity contribution < 1.29 is 9.50 Å². The maximum absolute atomic E-state index is 13.2. The van der Waals surface area contributed by atoms with Gasteiger partial charge in [-0.25, -0.2) is 4.39 Å². The van der Waals surface area contributed by atoms with Gasteiger partial charge in [-0.05, 0) is 31.0 Å². The second-order valence-corrected chi connectivity index (χ2v) is 4.23. The van der Waals surface area contributed by atoms with Gasteiger partial charge in [-0.15, -0.1) is 0 Å². The topological polar surface area (TPSA) is 46.0 Å². The van der Waals surface area contributed by atoms with Gasteiger partial charge in [0.25, 0.3) is 0 Å². The second kappa shape index (κ2) is 3.80. The first kappa shape index (κ1) is 10.2. The molecule has 0 saturated heterocycles. The zero-order chi connectivity index (χ0) is 11.8. The molecule has 1 aliphatic carbocycles. The van der Waals surface area contributed by atoms with Crippen LogP contribution >= 0.6 is 0 Å². The van der Waals surface area contributed by atoms with Crippen LogP contribution in [0.2, 0.25) is 0 Å². The lowest BCUT2D eigenvalue weighted by molar-refractivity contribution is 0.475. The third-order valence-electron chi connectivity index (χ3n) is 2.90. The molecular weight excluding hydrogens is 219 g/mol. The van der Waals surface area contributed by atoms with Crippen molar-refractivity contribution in [3.05, 3.63) is 42.1 Å². The molecule has 0 bridgehead atoms. The fourth-order valence-corrected chi connectivity index (χ4v) is 1.91. The zero-order valence-corrected chi connectivity index (χ0v) is 9.10. The summed E-state index contributed by atoms with van der Waals surface area (Å²) in [5, 5.41) is 9.78. The number of phenols is 1. The SMILES string of the molecule is Oc1ccc(F)cc1-c1nccnc1C1CC1. The van der Waals surface area contributed by atoms with Crippen molar-refractivity contribution in [1.82, 2.24) is 9.97 Å². The maximum atomic E-state index is 13.2. The van der Waals surface area contributed by atoms with Crippen LogP contribution in [0.15, 0.2) is 30.6 Å². The largest absolute Gasteiger partial charge is 0.507 e. The van der Waals surface area contributed by atoms with Crippen molar-refractivity contribution in [3.63, 3.8) is 0 Å². The van der Waals surface area contributed by atoms with Gasteiger partial charge in [-0.3, -0.25) is 9.97 Å². The lowest BCUT2D eigenvalue weighted by Gasteiger charge is -2.08. The van der Waals surface area contributed by atoms with Crippen LogP contribution in [0, 0.1) is 5.82 Å². The predicted molar refractivity (Wildman–Crippen MR) is 61.1 cm³/mol. The number of benzene rings is 1. The fourth-order valence-electron chi connectivity index (χ4n) is 1.91. The summed E-state index contributed by atoms with van der Waals surface area (Å²) in [6.45, 7) is 0. The molecule has 86 valence electrons. The smallest absolute Gasteiger partial charge is 0.125 e. The summed E-state index contributed by atoms with van der Waals surface area (Å²) >= 11 is 0. The summed E-state index contributed by atoms with van der Waals surface area (Å²) in [5.74, 6) is 0.0559. The number of aromatic hydroxyl groups is 1. The van der Waals surface area contributed by atoms with E-state index < -0.39 is 0 Å². The van der Waals surface area contributed by atoms with Gasteiger partial charge in [0, 0.05) is 23.9 Å². The second-order valence-electron chi connectivity index (χ2n) is 4.23. The normalized spacial score (nSPS) is 14.9. The number of rotatable bonds is 2. The Kier molecular flexibility index (Phi) is 2.28. The number of nitrogens with zero attached hydrogens (tertiary/aromatic N) is 2. The first-order valence-electron chi connectivity index (χ1n) is 5.55. The highest BCUT2D eigenvalue weighted by Gasteiger charge is 2.29. The Bertz CT molecular complexity index is 567. The van der Waals surface area contributed by atoms with Crippen LogP contribution in [0.5, 0.6) is 5.75 Å². The maximum Gasteiger partial charge on any atom is 0.125 e. The van der Waals surface area contributed by atoms with E-state index in [1.807, 2.05) is 0 Å². The summed E-state index contributed by atoms with van der Waals surface area (Å²) in [4.78, 5) is 8.51. The first-order valence-corrected chi connectivity index (χ1v) is 5.55. The van der Waals surface area contributed by atoms with E-state index >= 15 is 0 Å². The van der Waals surface area contributed by atoms with Gasteiger partial charge in [0.15, 0.2) is 0 Å². The van der Waals surface area contributed by atoms with E-state index in [4.69, 9.17) is 0 Å². The molecule has 3 rings (SSSR count). The highest BCUT2D eigenvalue weighted by atomic mass is 19.1. The molecule has 1 N–H and O–H groups in total. The van der Waals surface area contributed by atoms with Crippen molar-refractivity contribution in [2.24, 2.45) is 0 Å². The summed E-state index contributed by atoms with van der Waals surface area (Å²) in [6.07, 6.45) is 5.36. The van der Waals surface area contributed by atoms with Gasteiger partial charge < -0.3 is 5.11 Å². The van der Waals surface area contributed by atoms with Crippen LogP contribution in [0.1, 0.15) is 24.5 Å². The van der Waals surface area contributed by atoms with Crippen LogP contribution in [0.3, 0.4) is 0 Å². The van der Waals surface area contributed by atoms with Gasteiger partial charge in [0.2, 0.25) is 0 Å². The van der Waals surface area contributed by atoms with Crippen LogP contribution < -0.4 is 0 Å². The minimum Gasteiger partial charge on any atom is -0.507 e. The predicted octanol–water partition coefficient (Wildman–Crippen LogP) is 2.87. The molecule has 0 unspecified atom stereocenters. The molecule has 0 spiro atoms. The van der Waals surface area contributed by atoms with Gasteiger partial charge in [-0.2, -0.15) is 0 Å². The molecular formula is C13H11FN2O. The standard InChI is InChI=1S/C13H11FN2O/c14-9-3-4-11(17)10(7-9)13-12(8-1-2-8)15-5-6-16-13/h3-8,17H,1-2H2. The Labute approximate surface area is 98.0 Å². The molecule has 0 aliphatic heterocycles. The Morgan fingerprint density at radius 2 is 1.94 bits per heavy atom. The Morgan fingerprint density at radius 3 is 2.71 bits per heavy atom. The molecule has 1 heterocycles. The van der Waals surface area contributed by atoms with Crippen molar-refractivity contribution in [2.45, 2.75) is 18.8 Å². The lowest BCUT2D eigenvalue weighted by atomic mass is 10.1. The summed E-state index contributed by atoms with van der Waals surface area (Å²) < 4.78 is 13.2. The zero-order valence-electron chi connectivity index (χ0n) is 9.10. The average Bonchev–Trinajstić information content (AvgIpc) is 3.16. The van der Waals surface area contributed by atoms with Crippen molar-refractivity contribution in [1.29, 1.82) is 0 Å². The molecule has 2 aromatic rings. The van der Waals surface area contributed by atoms with Gasteiger partial charge in [-0.1, -0.05) is 0 Å². The van der Waals surface area contributed by atoms with Gasteiger partial charge >= 0.3 is 0 Å². The quantitative estimate of drug-likeness (QED) is 0.862.